The molecule has 3 aliphatic rings. The Bertz CT molecular complexity index is 845. The average molecular weight is 1100 g/mol. The zero-order chi connectivity index (χ0) is 32.8. The molecule has 298 valence electrons. The summed E-state index contributed by atoms with van der Waals surface area (Å²) in [6.07, 6.45) is 25.5. The second-order valence-electron chi connectivity index (χ2n) is 11.9. The van der Waals surface area contributed by atoms with Crippen LogP contribution in [-0.2, 0) is 33.9 Å². The van der Waals surface area contributed by atoms with Crippen molar-refractivity contribution >= 4 is 37.2 Å². The Morgan fingerprint density at radius 1 is 0.640 bits per heavy atom. The first-order chi connectivity index (χ1) is 21.5. The van der Waals surface area contributed by atoms with Gasteiger partial charge in [0.2, 0.25) is 0 Å². The van der Waals surface area contributed by atoms with Gasteiger partial charge < -0.3 is 15.9 Å². The first-order valence-electron chi connectivity index (χ1n) is 17.3. The van der Waals surface area contributed by atoms with Gasteiger partial charge in [0, 0.05) is 70.7 Å². The van der Waals surface area contributed by atoms with Gasteiger partial charge in [-0.3, -0.25) is 4.98 Å². The maximum absolute atomic E-state index is 9.37. The van der Waals surface area contributed by atoms with Crippen LogP contribution in [0.3, 0.4) is 0 Å². The van der Waals surface area contributed by atoms with Crippen molar-refractivity contribution in [2.24, 2.45) is 17.6 Å². The number of hydrogen-bond donors (Lipinski definition) is 3. The Labute approximate surface area is 352 Å². The van der Waals surface area contributed by atoms with E-state index in [0.29, 0.717) is 18.4 Å². The molecule has 0 aliphatic heterocycles. The van der Waals surface area contributed by atoms with Gasteiger partial charge in [-0.2, -0.15) is 0 Å². The van der Waals surface area contributed by atoms with Crippen LogP contribution >= 0.6 is 37.2 Å². The maximum Gasteiger partial charge on any atom is 0.0580 e. The van der Waals surface area contributed by atoms with E-state index in [1.54, 1.807) is 5.57 Å². The van der Waals surface area contributed by atoms with Gasteiger partial charge in [0.1, 0.15) is 0 Å². The molecule has 2 fully saturated rings. The molecule has 5 rings (SSSR count). The van der Waals surface area contributed by atoms with E-state index in [1.807, 2.05) is 30.6 Å². The molecule has 4 atom stereocenters. The number of nitrogens with zero attached hydrogens (tertiary/aromatic N) is 1. The first-order valence-corrected chi connectivity index (χ1v) is 23.6. The van der Waals surface area contributed by atoms with E-state index < -0.39 is 0 Å². The SMILES string of the molecule is C.C.C.C.C.CCC1=CCCCC1.CC[C@@H]1CCCC[C@H]1O.CCc1ccccc1.CCc1ccncc1.II.NC[C@@H]1CCCC[C@H]1O.[W]. The minimum absolute atomic E-state index is 0. The predicted molar refractivity (Wildman–Crippen MR) is 243 cm³/mol. The van der Waals surface area contributed by atoms with Crippen LogP contribution < -0.4 is 5.73 Å². The third-order valence-corrected chi connectivity index (χ3v) is 8.81. The Kier molecular flexibility index (Phi) is 61.4. The monoisotopic (exact) mass is 1100 g/mol. The van der Waals surface area contributed by atoms with Crippen molar-refractivity contribution in [3.05, 3.63) is 77.6 Å². The van der Waals surface area contributed by atoms with Crippen LogP contribution in [0, 0.1) is 11.8 Å². The molecule has 0 bridgehead atoms. The van der Waals surface area contributed by atoms with Gasteiger partial charge in [-0.15, -0.1) is 0 Å². The third kappa shape index (κ3) is 33.9. The standard InChI is InChI=1S/C8H16O.C8H14.C8H10.C7H15NO.C7H9N.5CH4.I2.W/c1-2-7-5-3-4-6-8(7)9;2*1-2-8-6-4-3-5-7-8;8-5-6-3-1-2-4-7(6)9;1-2-7-3-5-8-6-4-7;;;;;;1-2;/h7-9H,2-6H2,1H3;6H,2-5,7H2,1H3;3-7H,2H2,1H3;6-7,9H,1-5,8H2;3-6H,2H2,1H3;5*1H4;;/t7-,8-;;;6-,7+;;;;;;;;/m1..0......../s1. The molecule has 1 heterocycles. The van der Waals surface area contributed by atoms with Crippen LogP contribution in [-0.4, -0.2) is 33.9 Å². The minimum atomic E-state index is -0.108. The summed E-state index contributed by atoms with van der Waals surface area (Å²) in [5, 5.41) is 18.7. The second-order valence-corrected chi connectivity index (χ2v) is 11.9. The first kappa shape index (κ1) is 65.1. The fourth-order valence-electron chi connectivity index (χ4n) is 5.69. The number of aromatic nitrogens is 1. The molecule has 0 amide bonds. The topological polar surface area (TPSA) is 79.4 Å². The van der Waals surface area contributed by atoms with E-state index >= 15 is 0 Å². The normalized spacial score (nSPS) is 19.5. The number of aryl methyl sites for hydroxylation is 2. The second kappa shape index (κ2) is 47.2. The molecule has 0 radical (unpaired) electrons. The Morgan fingerprint density at radius 3 is 1.38 bits per heavy atom. The number of hydrogen-bond acceptors (Lipinski definition) is 4. The van der Waals surface area contributed by atoms with Crippen LogP contribution in [0.5, 0.6) is 0 Å². The molecule has 1 aromatic heterocycles. The molecule has 1 aromatic carbocycles. The zero-order valence-electron chi connectivity index (χ0n) is 28.7. The van der Waals surface area contributed by atoms with E-state index in [2.05, 4.69) is 100 Å². The fourth-order valence-corrected chi connectivity index (χ4v) is 5.69. The molecule has 2 aromatic rings. The van der Waals surface area contributed by atoms with Crippen molar-refractivity contribution in [2.45, 2.75) is 180 Å². The van der Waals surface area contributed by atoms with Crippen molar-refractivity contribution in [1.29, 1.82) is 0 Å². The molecular formula is C43H84I2N2O2W. The zero-order valence-corrected chi connectivity index (χ0v) is 35.9. The summed E-state index contributed by atoms with van der Waals surface area (Å²) >= 11 is 4.24. The quantitative estimate of drug-likeness (QED) is 0.206. The summed E-state index contributed by atoms with van der Waals surface area (Å²) in [6, 6.07) is 14.5. The van der Waals surface area contributed by atoms with Crippen molar-refractivity contribution in [3.8, 4) is 0 Å². The van der Waals surface area contributed by atoms with Crippen LogP contribution in [0.15, 0.2) is 66.5 Å². The van der Waals surface area contributed by atoms with Gasteiger partial charge in [0.15, 0.2) is 0 Å². The maximum atomic E-state index is 9.37. The van der Waals surface area contributed by atoms with Crippen molar-refractivity contribution < 1.29 is 31.3 Å². The number of aliphatic hydroxyl groups is 2. The van der Waals surface area contributed by atoms with Gasteiger partial charge >= 0.3 is 0 Å². The minimum Gasteiger partial charge on any atom is -0.393 e. The summed E-state index contributed by atoms with van der Waals surface area (Å²) < 4.78 is 0. The van der Waals surface area contributed by atoms with Crippen LogP contribution in [0.2, 0.25) is 0 Å². The summed E-state index contributed by atoms with van der Waals surface area (Å²) in [7, 11) is 0. The van der Waals surface area contributed by atoms with Crippen molar-refractivity contribution in [3.63, 3.8) is 0 Å². The van der Waals surface area contributed by atoms with Crippen LogP contribution in [0.4, 0.5) is 0 Å². The predicted octanol–water partition coefficient (Wildman–Crippen LogP) is 14.2. The summed E-state index contributed by atoms with van der Waals surface area (Å²) in [5.74, 6) is 0.998. The molecule has 0 saturated heterocycles. The van der Waals surface area contributed by atoms with Gasteiger partial charge in [0.25, 0.3) is 0 Å². The molecule has 3 aliphatic carbocycles. The molecule has 7 heteroatoms. The number of benzene rings is 1. The van der Waals surface area contributed by atoms with E-state index in [1.165, 1.54) is 75.3 Å². The summed E-state index contributed by atoms with van der Waals surface area (Å²) in [4.78, 5) is 3.89. The number of aliphatic hydroxyl groups excluding tert-OH is 2. The van der Waals surface area contributed by atoms with E-state index in [4.69, 9.17) is 5.73 Å². The Hall–Kier alpha value is 0.138. The van der Waals surface area contributed by atoms with Gasteiger partial charge in [-0.05, 0) is 112 Å². The molecule has 2 saturated carbocycles. The van der Waals surface area contributed by atoms with Crippen molar-refractivity contribution in [2.75, 3.05) is 6.54 Å². The summed E-state index contributed by atoms with van der Waals surface area (Å²) in [6.45, 7) is 9.36. The fraction of sp³-hybridized carbons (Fsp3) is 0.698. The van der Waals surface area contributed by atoms with Gasteiger partial charge in [-0.25, -0.2) is 0 Å². The number of allylic oxidation sites excluding steroid dienone is 2. The van der Waals surface area contributed by atoms with Crippen LogP contribution in [0.1, 0.15) is 166 Å². The third-order valence-electron chi connectivity index (χ3n) is 8.81. The molecule has 0 unspecified atom stereocenters. The molecule has 4 N–H and O–H groups in total. The molecule has 4 nitrogen and oxygen atoms in total. The van der Waals surface area contributed by atoms with Crippen molar-refractivity contribution in [1.82, 2.24) is 4.98 Å². The Balaban J connectivity index is -0.0000000887. The molecular weight excluding hydrogens is 1010 g/mol. The largest absolute Gasteiger partial charge is 0.393 e. The number of rotatable bonds is 5. The molecule has 50 heavy (non-hydrogen) atoms. The van der Waals surface area contributed by atoms with Crippen LogP contribution in [0.25, 0.3) is 0 Å². The van der Waals surface area contributed by atoms with E-state index in [-0.39, 0.29) is 70.4 Å². The number of nitrogens with two attached hydrogens (primary N) is 1. The van der Waals surface area contributed by atoms with E-state index in [0.717, 1.165) is 38.5 Å². The Morgan fingerprint density at radius 2 is 1.10 bits per heavy atom. The van der Waals surface area contributed by atoms with Gasteiger partial charge in [-0.1, -0.05) is 139 Å². The smallest absolute Gasteiger partial charge is 0.0580 e. The number of halogens is 2. The van der Waals surface area contributed by atoms with Gasteiger partial charge in [0.05, 0.1) is 12.2 Å². The average Bonchev–Trinajstić information content (AvgIpc) is 3.12. The summed E-state index contributed by atoms with van der Waals surface area (Å²) in [5.41, 5.74) is 9.87. The number of pyridine rings is 1. The molecule has 0 spiro atoms. The van der Waals surface area contributed by atoms with E-state index in [9.17, 15) is 10.2 Å².